The van der Waals surface area contributed by atoms with E-state index in [1.807, 2.05) is 25.3 Å². The fourth-order valence-corrected chi connectivity index (χ4v) is 9.19. The van der Waals surface area contributed by atoms with E-state index in [1.54, 1.807) is 30.1 Å². The number of nitrogens with zero attached hydrogens (tertiary/aromatic N) is 1. The number of nitrogens with one attached hydrogen (secondary N) is 1. The third-order valence-corrected chi connectivity index (χ3v) is 11.5. The van der Waals surface area contributed by atoms with Crippen molar-refractivity contribution in [3.05, 3.63) is 53.3 Å². The summed E-state index contributed by atoms with van der Waals surface area (Å²) in [5.41, 5.74) is 7.89. The van der Waals surface area contributed by atoms with Gasteiger partial charge in [0.05, 0.1) is 17.5 Å². The molecule has 3 unspecified atom stereocenters. The van der Waals surface area contributed by atoms with Crippen molar-refractivity contribution < 1.29 is 19.8 Å². The number of amides is 1. The Balaban J connectivity index is 1.45. The summed E-state index contributed by atoms with van der Waals surface area (Å²) in [7, 11) is 0. The smallest absolute Gasteiger partial charge is 0.251 e. The highest BCUT2D eigenvalue weighted by molar-refractivity contribution is 7.98. The van der Waals surface area contributed by atoms with Crippen LogP contribution in [0, 0.1) is 28.6 Å². The maximum Gasteiger partial charge on any atom is 0.251 e. The number of carbonyl (C=O) groups is 2. The van der Waals surface area contributed by atoms with Crippen LogP contribution in [0.3, 0.4) is 0 Å². The summed E-state index contributed by atoms with van der Waals surface area (Å²) >= 11 is 5.75. The van der Waals surface area contributed by atoms with Gasteiger partial charge >= 0.3 is 0 Å². The first-order valence-corrected chi connectivity index (χ1v) is 16.0. The van der Waals surface area contributed by atoms with E-state index in [0.717, 1.165) is 36.3 Å². The number of hydrogen-bond acceptors (Lipinski definition) is 7. The Labute approximate surface area is 246 Å². The summed E-state index contributed by atoms with van der Waals surface area (Å²) in [6.45, 7) is 4.81. The Hall–Kier alpha value is -2.07. The molecule has 216 valence electrons. The first-order chi connectivity index (χ1) is 19.0. The largest absolute Gasteiger partial charge is 0.404 e. The van der Waals surface area contributed by atoms with E-state index in [4.69, 9.17) is 10.7 Å². The molecule has 0 aromatic heterocycles. The van der Waals surface area contributed by atoms with Crippen LogP contribution in [0.5, 0.6) is 0 Å². The third-order valence-electron chi connectivity index (χ3n) is 10.5. The molecule has 1 aromatic rings. The maximum absolute atomic E-state index is 12.6. The maximum atomic E-state index is 12.6. The molecule has 5 rings (SSSR count). The van der Waals surface area contributed by atoms with Gasteiger partial charge in [0, 0.05) is 23.3 Å². The van der Waals surface area contributed by atoms with Gasteiger partial charge in [-0.1, -0.05) is 25.5 Å². The van der Waals surface area contributed by atoms with Crippen LogP contribution in [-0.2, 0) is 4.79 Å². The topological polar surface area (TPSA) is 125 Å². The third kappa shape index (κ3) is 4.67. The molecular formula is C31H41N3O4S2. The van der Waals surface area contributed by atoms with Crippen LogP contribution < -0.4 is 11.1 Å². The SMILES string of the molecule is CSCCNC(=O)c1cccc(N=C2C=C3CC[C@@H]4C(C(O)C[C@@]5(C)C4CC[C@]5(O)C(=O)S)[C@@]3(C)CC2=CN)c1. The van der Waals surface area contributed by atoms with Gasteiger partial charge in [-0.2, -0.15) is 11.8 Å². The van der Waals surface area contributed by atoms with E-state index in [1.165, 1.54) is 5.57 Å². The molecule has 0 bridgehead atoms. The molecule has 5 N–H and O–H groups in total. The number of aliphatic hydroxyl groups is 2. The minimum absolute atomic E-state index is 0.00671. The number of benzene rings is 1. The van der Waals surface area contributed by atoms with E-state index < -0.39 is 22.2 Å². The second kappa shape index (κ2) is 11.0. The molecule has 4 aliphatic carbocycles. The number of aliphatic hydroxyl groups excluding tert-OH is 1. The number of hydrogen-bond donors (Lipinski definition) is 5. The van der Waals surface area contributed by atoms with Gasteiger partial charge in [0.2, 0.25) is 5.12 Å². The van der Waals surface area contributed by atoms with Gasteiger partial charge < -0.3 is 21.3 Å². The summed E-state index contributed by atoms with van der Waals surface area (Å²) in [4.78, 5) is 29.9. The van der Waals surface area contributed by atoms with Crippen molar-refractivity contribution >= 4 is 46.8 Å². The number of allylic oxidation sites excluding steroid dienone is 3. The van der Waals surface area contributed by atoms with E-state index in [-0.39, 0.29) is 29.1 Å². The lowest BCUT2D eigenvalue weighted by Crippen LogP contribution is -2.61. The number of carbonyl (C=O) groups excluding carboxylic acids is 2. The van der Waals surface area contributed by atoms with E-state index >= 15 is 0 Å². The molecule has 4 aliphatic rings. The monoisotopic (exact) mass is 583 g/mol. The Kier molecular flexibility index (Phi) is 8.07. The van der Waals surface area contributed by atoms with Gasteiger partial charge in [-0.15, -0.1) is 12.6 Å². The summed E-state index contributed by atoms with van der Waals surface area (Å²) in [5.74, 6) is 1.07. The summed E-state index contributed by atoms with van der Waals surface area (Å²) in [6.07, 6.45) is 9.03. The molecule has 0 aliphatic heterocycles. The van der Waals surface area contributed by atoms with E-state index in [0.29, 0.717) is 37.1 Å². The lowest BCUT2D eigenvalue weighted by molar-refractivity contribution is -0.173. The van der Waals surface area contributed by atoms with Gasteiger partial charge in [0.1, 0.15) is 5.60 Å². The first kappa shape index (κ1) is 29.4. The lowest BCUT2D eigenvalue weighted by Gasteiger charge is -2.60. The first-order valence-electron chi connectivity index (χ1n) is 14.2. The van der Waals surface area contributed by atoms with Crippen molar-refractivity contribution in [1.29, 1.82) is 0 Å². The molecule has 0 heterocycles. The summed E-state index contributed by atoms with van der Waals surface area (Å²) in [5, 5.41) is 25.5. The van der Waals surface area contributed by atoms with Crippen molar-refractivity contribution in [2.45, 2.75) is 64.1 Å². The second-order valence-electron chi connectivity index (χ2n) is 12.5. The van der Waals surface area contributed by atoms with Crippen molar-refractivity contribution in [2.24, 2.45) is 39.3 Å². The number of thioether (sulfide) groups is 1. The van der Waals surface area contributed by atoms with Crippen LogP contribution in [0.1, 0.15) is 62.7 Å². The molecule has 3 saturated carbocycles. The Morgan fingerprint density at radius 2 is 2.08 bits per heavy atom. The van der Waals surface area contributed by atoms with Crippen LogP contribution in [0.2, 0.25) is 0 Å². The number of aliphatic imine (C=N–C) groups is 1. The number of nitrogens with two attached hydrogens (primary N) is 1. The number of rotatable bonds is 6. The normalized spacial score (nSPS) is 38.8. The van der Waals surface area contributed by atoms with E-state index in [9.17, 15) is 19.8 Å². The van der Waals surface area contributed by atoms with Gasteiger partial charge in [-0.25, -0.2) is 4.99 Å². The van der Waals surface area contributed by atoms with E-state index in [2.05, 4.69) is 30.9 Å². The van der Waals surface area contributed by atoms with Crippen LogP contribution in [0.15, 0.2) is 52.7 Å². The van der Waals surface area contributed by atoms with Gasteiger partial charge in [0.15, 0.2) is 0 Å². The molecule has 3 fully saturated rings. The second-order valence-corrected chi connectivity index (χ2v) is 13.9. The average Bonchev–Trinajstić information content (AvgIpc) is 3.19. The van der Waals surface area contributed by atoms with Crippen molar-refractivity contribution in [3.63, 3.8) is 0 Å². The minimum Gasteiger partial charge on any atom is -0.404 e. The highest BCUT2D eigenvalue weighted by Crippen LogP contribution is 2.68. The summed E-state index contributed by atoms with van der Waals surface area (Å²) < 4.78 is 0. The Morgan fingerprint density at radius 3 is 2.77 bits per heavy atom. The fourth-order valence-electron chi connectivity index (χ4n) is 8.52. The standard InChI is InChI=1S/C31H41N3O4S2/c1-29-15-19(17-32)24(34-21-6-4-5-18(13-21)27(36)33-11-12-40-3)14-20(29)7-8-22-23-9-10-31(38,28(37)39)30(23,2)16-25(35)26(22)29/h4-6,13-14,17,22-23,25-26,35,38H,7-12,15-16,32H2,1-3H3,(H,33,36)(H,37,39)/t22-,23?,25?,26?,29-,30-,31-/m0/s1. The van der Waals surface area contributed by atoms with Crippen molar-refractivity contribution in [2.75, 3.05) is 18.6 Å². The van der Waals surface area contributed by atoms with Crippen LogP contribution in [0.25, 0.3) is 0 Å². The fraction of sp³-hybridized carbons (Fsp3) is 0.581. The van der Waals surface area contributed by atoms with Gasteiger partial charge in [0.25, 0.3) is 5.91 Å². The van der Waals surface area contributed by atoms with Gasteiger partial charge in [-0.3, -0.25) is 9.59 Å². The molecule has 7 atom stereocenters. The molecular weight excluding hydrogens is 542 g/mol. The number of fused-ring (bicyclic) bond motifs is 5. The molecule has 0 spiro atoms. The molecule has 0 radical (unpaired) electrons. The molecule has 1 amide bonds. The molecule has 9 heteroatoms. The van der Waals surface area contributed by atoms with Crippen LogP contribution in [-0.4, -0.2) is 57.2 Å². The zero-order valence-electron chi connectivity index (χ0n) is 23.5. The highest BCUT2D eigenvalue weighted by atomic mass is 32.2. The Bertz CT molecular complexity index is 1290. The molecule has 40 heavy (non-hydrogen) atoms. The minimum atomic E-state index is -1.50. The van der Waals surface area contributed by atoms with Gasteiger partial charge in [-0.05, 0) is 104 Å². The molecule has 1 aromatic carbocycles. The lowest BCUT2D eigenvalue weighted by atomic mass is 9.45. The Morgan fingerprint density at radius 1 is 1.30 bits per heavy atom. The zero-order valence-corrected chi connectivity index (χ0v) is 25.2. The predicted octanol–water partition coefficient (Wildman–Crippen LogP) is 4.43. The highest BCUT2D eigenvalue weighted by Gasteiger charge is 2.68. The number of thiol groups is 1. The quantitative estimate of drug-likeness (QED) is 0.249. The summed E-state index contributed by atoms with van der Waals surface area (Å²) in [6, 6.07) is 7.32. The zero-order chi connectivity index (χ0) is 28.9. The molecule has 7 nitrogen and oxygen atoms in total. The van der Waals surface area contributed by atoms with Crippen LogP contribution >= 0.6 is 24.4 Å². The van der Waals surface area contributed by atoms with Crippen molar-refractivity contribution in [1.82, 2.24) is 5.32 Å². The predicted molar refractivity (Wildman–Crippen MR) is 164 cm³/mol. The van der Waals surface area contributed by atoms with Crippen LogP contribution in [0.4, 0.5) is 5.69 Å². The van der Waals surface area contributed by atoms with Crippen molar-refractivity contribution in [3.8, 4) is 0 Å². The average molecular weight is 584 g/mol. The molecule has 0 saturated heterocycles.